The van der Waals surface area contributed by atoms with E-state index in [-0.39, 0.29) is 24.8 Å². The molecule has 4 nitrogen and oxygen atoms in total. The summed E-state index contributed by atoms with van der Waals surface area (Å²) < 4.78 is 12.9. The summed E-state index contributed by atoms with van der Waals surface area (Å²) >= 11 is 1.51. The summed E-state index contributed by atoms with van der Waals surface area (Å²) in [5.74, 6) is -0.219. The fraction of sp³-hybridized carbons (Fsp3) is 0.412. The van der Waals surface area contributed by atoms with Crippen LogP contribution in [-0.2, 0) is 17.6 Å². The van der Waals surface area contributed by atoms with Crippen LogP contribution in [0.25, 0.3) is 0 Å². The quantitative estimate of drug-likeness (QED) is 0.846. The molecule has 2 aromatic rings. The van der Waals surface area contributed by atoms with Gasteiger partial charge in [0.2, 0.25) is 5.91 Å². The first-order valence-corrected chi connectivity index (χ1v) is 8.61. The number of rotatable bonds is 7. The molecule has 1 saturated carbocycles. The predicted octanol–water partition coefficient (Wildman–Crippen LogP) is 2.40. The van der Waals surface area contributed by atoms with Crippen molar-refractivity contribution in [1.29, 1.82) is 0 Å². The molecule has 3 rings (SSSR count). The average Bonchev–Trinajstić information content (AvgIpc) is 3.28. The van der Waals surface area contributed by atoms with Crippen LogP contribution in [-0.4, -0.2) is 40.1 Å². The van der Waals surface area contributed by atoms with Crippen molar-refractivity contribution in [2.24, 2.45) is 0 Å². The number of hydrogen-bond acceptors (Lipinski definition) is 4. The van der Waals surface area contributed by atoms with Gasteiger partial charge in [0, 0.05) is 24.4 Å². The molecule has 1 fully saturated rings. The molecular formula is C17H19FN2O2S. The minimum absolute atomic E-state index is 0.00484. The van der Waals surface area contributed by atoms with Gasteiger partial charge in [0.15, 0.2) is 0 Å². The fourth-order valence-corrected chi connectivity index (χ4v) is 3.38. The minimum Gasteiger partial charge on any atom is -0.395 e. The van der Waals surface area contributed by atoms with Gasteiger partial charge < -0.3 is 10.0 Å². The maximum atomic E-state index is 12.9. The average molecular weight is 334 g/mol. The van der Waals surface area contributed by atoms with Gasteiger partial charge in [0.1, 0.15) is 5.82 Å². The lowest BCUT2D eigenvalue weighted by molar-refractivity contribution is -0.131. The molecule has 0 bridgehead atoms. The number of aliphatic hydroxyl groups excluding tert-OH is 1. The number of carbonyl (C=O) groups is 1. The topological polar surface area (TPSA) is 53.4 Å². The van der Waals surface area contributed by atoms with Crippen LogP contribution >= 0.6 is 11.3 Å². The van der Waals surface area contributed by atoms with E-state index in [0.717, 1.165) is 29.1 Å². The molecule has 1 aliphatic rings. The van der Waals surface area contributed by atoms with Crippen molar-refractivity contribution in [2.45, 2.75) is 31.7 Å². The Kier molecular flexibility index (Phi) is 5.03. The lowest BCUT2D eigenvalue weighted by Crippen LogP contribution is -2.36. The Hall–Kier alpha value is -1.79. The lowest BCUT2D eigenvalue weighted by atomic mass is 10.1. The van der Waals surface area contributed by atoms with Gasteiger partial charge in [-0.2, -0.15) is 0 Å². The molecular weight excluding hydrogens is 315 g/mol. The Morgan fingerprint density at radius 3 is 2.74 bits per heavy atom. The number of nitrogens with zero attached hydrogens (tertiary/aromatic N) is 2. The van der Waals surface area contributed by atoms with Gasteiger partial charge in [-0.05, 0) is 30.5 Å². The fourth-order valence-electron chi connectivity index (χ4n) is 2.55. The highest BCUT2D eigenvalue weighted by Gasteiger charge is 2.32. The standard InChI is InChI=1S/C17H19FN2O2S/c18-13-3-1-12(2-4-13)9-16-19-14(11-23-16)10-17(22)20(7-8-21)15-5-6-15/h1-4,11,15,21H,5-10H2. The molecule has 0 saturated heterocycles. The number of aliphatic hydroxyl groups is 1. The van der Waals surface area contributed by atoms with Crippen LogP contribution in [0.5, 0.6) is 0 Å². The first-order chi connectivity index (χ1) is 11.2. The molecule has 1 heterocycles. The molecule has 6 heteroatoms. The van der Waals surface area contributed by atoms with Crippen molar-refractivity contribution < 1.29 is 14.3 Å². The van der Waals surface area contributed by atoms with E-state index in [1.54, 1.807) is 17.0 Å². The summed E-state index contributed by atoms with van der Waals surface area (Å²) in [6.07, 6.45) is 2.97. The smallest absolute Gasteiger partial charge is 0.228 e. The summed E-state index contributed by atoms with van der Waals surface area (Å²) in [6, 6.07) is 6.67. The Bertz CT molecular complexity index is 667. The molecule has 1 N–H and O–H groups in total. The van der Waals surface area contributed by atoms with Crippen molar-refractivity contribution in [3.8, 4) is 0 Å². The predicted molar refractivity (Wildman–Crippen MR) is 86.8 cm³/mol. The first-order valence-electron chi connectivity index (χ1n) is 7.74. The van der Waals surface area contributed by atoms with E-state index in [4.69, 9.17) is 5.11 Å². The summed E-state index contributed by atoms with van der Waals surface area (Å²) in [5.41, 5.74) is 1.76. The molecule has 0 aliphatic heterocycles. The largest absolute Gasteiger partial charge is 0.395 e. The molecule has 0 atom stereocenters. The van der Waals surface area contributed by atoms with Gasteiger partial charge in [-0.3, -0.25) is 4.79 Å². The van der Waals surface area contributed by atoms with Crippen LogP contribution in [0, 0.1) is 5.82 Å². The van der Waals surface area contributed by atoms with Crippen molar-refractivity contribution in [1.82, 2.24) is 9.88 Å². The zero-order valence-electron chi connectivity index (χ0n) is 12.7. The third-order valence-electron chi connectivity index (χ3n) is 3.85. The van der Waals surface area contributed by atoms with E-state index in [2.05, 4.69) is 4.98 Å². The molecule has 0 unspecified atom stereocenters. The normalized spacial score (nSPS) is 14.0. The Morgan fingerprint density at radius 2 is 2.09 bits per heavy atom. The van der Waals surface area contributed by atoms with Crippen molar-refractivity contribution in [2.75, 3.05) is 13.2 Å². The number of carbonyl (C=O) groups excluding carboxylic acids is 1. The molecule has 0 spiro atoms. The highest BCUT2D eigenvalue weighted by molar-refractivity contribution is 7.09. The SMILES string of the molecule is O=C(Cc1csc(Cc2ccc(F)cc2)n1)N(CCO)C1CC1. The van der Waals surface area contributed by atoms with E-state index in [1.807, 2.05) is 5.38 Å². The van der Waals surface area contributed by atoms with Gasteiger partial charge >= 0.3 is 0 Å². The number of benzene rings is 1. The highest BCUT2D eigenvalue weighted by Crippen LogP contribution is 2.27. The van der Waals surface area contributed by atoms with Crippen molar-refractivity contribution in [3.63, 3.8) is 0 Å². The van der Waals surface area contributed by atoms with Crippen LogP contribution in [0.1, 0.15) is 29.1 Å². The highest BCUT2D eigenvalue weighted by atomic mass is 32.1. The van der Waals surface area contributed by atoms with Gasteiger partial charge in [0.25, 0.3) is 0 Å². The van der Waals surface area contributed by atoms with Crippen molar-refractivity contribution >= 4 is 17.2 Å². The van der Waals surface area contributed by atoms with E-state index in [0.29, 0.717) is 19.0 Å². The monoisotopic (exact) mass is 334 g/mol. The minimum atomic E-state index is -0.247. The second-order valence-corrected chi connectivity index (χ2v) is 6.70. The van der Waals surface area contributed by atoms with E-state index in [1.165, 1.54) is 23.5 Å². The van der Waals surface area contributed by atoms with E-state index >= 15 is 0 Å². The molecule has 1 aromatic heterocycles. The molecule has 0 radical (unpaired) electrons. The molecule has 122 valence electrons. The lowest BCUT2D eigenvalue weighted by Gasteiger charge is -2.20. The summed E-state index contributed by atoms with van der Waals surface area (Å²) in [6.45, 7) is 0.394. The van der Waals surface area contributed by atoms with Gasteiger partial charge in [-0.15, -0.1) is 11.3 Å². The maximum Gasteiger partial charge on any atom is 0.228 e. The van der Waals surface area contributed by atoms with Crippen LogP contribution in [0.4, 0.5) is 4.39 Å². The number of hydrogen-bond donors (Lipinski definition) is 1. The summed E-state index contributed by atoms with van der Waals surface area (Å²) in [5, 5.41) is 11.9. The number of thiazole rings is 1. The van der Waals surface area contributed by atoms with Gasteiger partial charge in [-0.1, -0.05) is 12.1 Å². The summed E-state index contributed by atoms with van der Waals surface area (Å²) in [4.78, 5) is 18.6. The maximum absolute atomic E-state index is 12.9. The van der Waals surface area contributed by atoms with E-state index < -0.39 is 0 Å². The summed E-state index contributed by atoms with van der Waals surface area (Å²) in [7, 11) is 0. The first kappa shape index (κ1) is 16.1. The second kappa shape index (κ2) is 7.19. The molecule has 23 heavy (non-hydrogen) atoms. The number of amides is 1. The van der Waals surface area contributed by atoms with Crippen LogP contribution < -0.4 is 0 Å². The van der Waals surface area contributed by atoms with Gasteiger partial charge in [-0.25, -0.2) is 9.37 Å². The Labute approximate surface area is 138 Å². The van der Waals surface area contributed by atoms with Crippen molar-refractivity contribution in [3.05, 3.63) is 51.7 Å². The van der Waals surface area contributed by atoms with E-state index in [9.17, 15) is 9.18 Å². The zero-order valence-corrected chi connectivity index (χ0v) is 13.6. The third-order valence-corrected chi connectivity index (χ3v) is 4.75. The van der Waals surface area contributed by atoms with Crippen LogP contribution in [0.15, 0.2) is 29.6 Å². The Morgan fingerprint density at radius 1 is 1.35 bits per heavy atom. The van der Waals surface area contributed by atoms with Crippen LogP contribution in [0.3, 0.4) is 0 Å². The molecule has 1 aromatic carbocycles. The molecule has 1 amide bonds. The number of halogens is 1. The zero-order chi connectivity index (χ0) is 16.2. The van der Waals surface area contributed by atoms with Crippen LogP contribution in [0.2, 0.25) is 0 Å². The number of aromatic nitrogens is 1. The Balaban J connectivity index is 1.60. The third kappa shape index (κ3) is 4.36. The second-order valence-electron chi connectivity index (χ2n) is 5.75. The molecule has 1 aliphatic carbocycles. The van der Waals surface area contributed by atoms with Gasteiger partial charge in [0.05, 0.1) is 23.7 Å².